The van der Waals surface area contributed by atoms with Gasteiger partial charge >= 0.3 is 0 Å². The Hall–Kier alpha value is -1.38. The summed E-state index contributed by atoms with van der Waals surface area (Å²) in [7, 11) is 0. The molecule has 2 rings (SSSR count). The van der Waals surface area contributed by atoms with Crippen LogP contribution in [0.2, 0.25) is 0 Å². The van der Waals surface area contributed by atoms with E-state index in [1.54, 1.807) is 19.1 Å². The molecule has 1 aromatic carbocycles. The third-order valence-electron chi connectivity index (χ3n) is 3.18. The molecule has 2 nitrogen and oxygen atoms in total. The van der Waals surface area contributed by atoms with Gasteiger partial charge in [-0.15, -0.1) is 0 Å². The fourth-order valence-electron chi connectivity index (χ4n) is 2.18. The van der Waals surface area contributed by atoms with Crippen LogP contribution in [0.15, 0.2) is 18.2 Å². The number of carbonyl (C=O) groups is 1. The van der Waals surface area contributed by atoms with Crippen LogP contribution in [-0.2, 0) is 11.2 Å². The summed E-state index contributed by atoms with van der Waals surface area (Å²) in [5, 5.41) is 2.95. The van der Waals surface area contributed by atoms with E-state index in [4.69, 9.17) is 0 Å². The van der Waals surface area contributed by atoms with Crippen LogP contribution in [-0.4, -0.2) is 11.4 Å². The molecule has 1 fully saturated rings. The Morgan fingerprint density at radius 1 is 1.50 bits per heavy atom. The van der Waals surface area contributed by atoms with Crippen molar-refractivity contribution in [1.29, 1.82) is 0 Å². The molecular weight excluding hydrogens is 205 g/mol. The number of amides is 1. The zero-order valence-electron chi connectivity index (χ0n) is 9.64. The van der Waals surface area contributed by atoms with E-state index in [1.807, 2.05) is 13.0 Å². The van der Waals surface area contributed by atoms with Crippen LogP contribution < -0.4 is 5.32 Å². The summed E-state index contributed by atoms with van der Waals surface area (Å²) in [6.07, 6.45) is 2.09. The summed E-state index contributed by atoms with van der Waals surface area (Å²) in [4.78, 5) is 11.2. The zero-order chi connectivity index (χ0) is 11.8. The van der Waals surface area contributed by atoms with Gasteiger partial charge in [-0.1, -0.05) is 12.1 Å². The molecular formula is C13H16FNO. The average molecular weight is 221 g/mol. The molecule has 1 atom stereocenters. The molecule has 1 aliphatic heterocycles. The van der Waals surface area contributed by atoms with Crippen molar-refractivity contribution in [3.63, 3.8) is 0 Å². The topological polar surface area (TPSA) is 29.1 Å². The first-order valence-electron chi connectivity index (χ1n) is 5.55. The third-order valence-corrected chi connectivity index (χ3v) is 3.18. The van der Waals surface area contributed by atoms with Crippen molar-refractivity contribution in [3.8, 4) is 0 Å². The molecule has 0 radical (unpaired) electrons. The monoisotopic (exact) mass is 221 g/mol. The highest BCUT2D eigenvalue weighted by Gasteiger charge is 2.32. The van der Waals surface area contributed by atoms with E-state index in [2.05, 4.69) is 5.32 Å². The SMILES string of the molecule is Cc1ccc(CC2(C)CCC(=O)N2)cc1F. The molecule has 1 aromatic rings. The summed E-state index contributed by atoms with van der Waals surface area (Å²) in [6, 6.07) is 5.27. The maximum atomic E-state index is 13.4. The van der Waals surface area contributed by atoms with Crippen LogP contribution in [0.3, 0.4) is 0 Å². The Balaban J connectivity index is 2.14. The van der Waals surface area contributed by atoms with Gasteiger partial charge in [0.1, 0.15) is 5.82 Å². The van der Waals surface area contributed by atoms with Crippen molar-refractivity contribution in [2.45, 2.75) is 38.6 Å². The first kappa shape index (κ1) is 11.1. The summed E-state index contributed by atoms with van der Waals surface area (Å²) in [5.41, 5.74) is 1.39. The lowest BCUT2D eigenvalue weighted by atomic mass is 9.91. The van der Waals surface area contributed by atoms with Gasteiger partial charge in [0, 0.05) is 12.0 Å². The van der Waals surface area contributed by atoms with E-state index >= 15 is 0 Å². The van der Waals surface area contributed by atoms with Gasteiger partial charge in [-0.05, 0) is 43.9 Å². The van der Waals surface area contributed by atoms with Crippen molar-refractivity contribution >= 4 is 5.91 Å². The Labute approximate surface area is 94.9 Å². The van der Waals surface area contributed by atoms with Crippen molar-refractivity contribution in [1.82, 2.24) is 5.32 Å². The molecule has 0 aliphatic carbocycles. The lowest BCUT2D eigenvalue weighted by Crippen LogP contribution is -2.40. The second-order valence-electron chi connectivity index (χ2n) is 4.87. The Kier molecular flexibility index (Phi) is 2.70. The second-order valence-corrected chi connectivity index (χ2v) is 4.87. The predicted octanol–water partition coefficient (Wildman–Crippen LogP) is 2.35. The Morgan fingerprint density at radius 2 is 2.25 bits per heavy atom. The number of aryl methyl sites for hydroxylation is 1. The largest absolute Gasteiger partial charge is 0.351 e. The molecule has 3 heteroatoms. The van der Waals surface area contributed by atoms with Crippen LogP contribution >= 0.6 is 0 Å². The molecule has 1 saturated heterocycles. The highest BCUT2D eigenvalue weighted by Crippen LogP contribution is 2.24. The maximum Gasteiger partial charge on any atom is 0.220 e. The van der Waals surface area contributed by atoms with Crippen molar-refractivity contribution in [3.05, 3.63) is 35.1 Å². The van der Waals surface area contributed by atoms with Gasteiger partial charge in [0.2, 0.25) is 5.91 Å². The van der Waals surface area contributed by atoms with Gasteiger partial charge in [-0.25, -0.2) is 4.39 Å². The third kappa shape index (κ3) is 2.23. The molecule has 0 spiro atoms. The summed E-state index contributed by atoms with van der Waals surface area (Å²) in [6.45, 7) is 3.76. The fraction of sp³-hybridized carbons (Fsp3) is 0.462. The molecule has 1 heterocycles. The Bertz CT molecular complexity index is 430. The molecule has 0 bridgehead atoms. The number of nitrogens with one attached hydrogen (secondary N) is 1. The van der Waals surface area contributed by atoms with Crippen molar-refractivity contribution in [2.24, 2.45) is 0 Å². The van der Waals surface area contributed by atoms with Gasteiger partial charge in [0.05, 0.1) is 0 Å². The van der Waals surface area contributed by atoms with Gasteiger partial charge in [0.25, 0.3) is 0 Å². The number of hydrogen-bond donors (Lipinski definition) is 1. The first-order chi connectivity index (χ1) is 7.48. The van der Waals surface area contributed by atoms with Crippen LogP contribution in [0.1, 0.15) is 30.9 Å². The normalized spacial score (nSPS) is 24.6. The predicted molar refractivity (Wildman–Crippen MR) is 60.6 cm³/mol. The first-order valence-corrected chi connectivity index (χ1v) is 5.55. The summed E-state index contributed by atoms with van der Waals surface area (Å²) in [5.74, 6) is -0.0829. The second kappa shape index (κ2) is 3.89. The van der Waals surface area contributed by atoms with E-state index in [9.17, 15) is 9.18 Å². The van der Waals surface area contributed by atoms with Crippen molar-refractivity contribution in [2.75, 3.05) is 0 Å². The van der Waals surface area contributed by atoms with E-state index < -0.39 is 0 Å². The number of halogens is 1. The molecule has 1 amide bonds. The quantitative estimate of drug-likeness (QED) is 0.816. The minimum atomic E-state index is -0.210. The Morgan fingerprint density at radius 3 is 2.81 bits per heavy atom. The number of carbonyl (C=O) groups excluding carboxylic acids is 1. The molecule has 1 unspecified atom stereocenters. The number of hydrogen-bond acceptors (Lipinski definition) is 1. The highest BCUT2D eigenvalue weighted by molar-refractivity contribution is 5.79. The minimum Gasteiger partial charge on any atom is -0.351 e. The zero-order valence-corrected chi connectivity index (χ0v) is 9.64. The molecule has 0 saturated carbocycles. The average Bonchev–Trinajstić information content (AvgIpc) is 2.52. The van der Waals surface area contributed by atoms with Crippen LogP contribution in [0.4, 0.5) is 4.39 Å². The van der Waals surface area contributed by atoms with E-state index in [1.165, 1.54) is 0 Å². The number of rotatable bonds is 2. The standard InChI is InChI=1S/C13H16FNO/c1-9-3-4-10(7-11(9)14)8-13(2)6-5-12(16)15-13/h3-4,7H,5-6,8H2,1-2H3,(H,15,16). The summed E-state index contributed by atoms with van der Waals surface area (Å²) >= 11 is 0. The lowest BCUT2D eigenvalue weighted by molar-refractivity contribution is -0.119. The van der Waals surface area contributed by atoms with Gasteiger partial charge in [-0.3, -0.25) is 4.79 Å². The van der Waals surface area contributed by atoms with Crippen LogP contribution in [0, 0.1) is 12.7 Å². The molecule has 16 heavy (non-hydrogen) atoms. The molecule has 86 valence electrons. The fourth-order valence-corrected chi connectivity index (χ4v) is 2.18. The van der Waals surface area contributed by atoms with Crippen LogP contribution in [0.5, 0.6) is 0 Å². The highest BCUT2D eigenvalue weighted by atomic mass is 19.1. The minimum absolute atomic E-state index is 0.0927. The van der Waals surface area contributed by atoms with Gasteiger partial charge < -0.3 is 5.32 Å². The maximum absolute atomic E-state index is 13.4. The molecule has 1 aliphatic rings. The van der Waals surface area contributed by atoms with Gasteiger partial charge in [-0.2, -0.15) is 0 Å². The van der Waals surface area contributed by atoms with Crippen molar-refractivity contribution < 1.29 is 9.18 Å². The smallest absolute Gasteiger partial charge is 0.220 e. The van der Waals surface area contributed by atoms with E-state index in [0.717, 1.165) is 12.0 Å². The summed E-state index contributed by atoms with van der Waals surface area (Å²) < 4.78 is 13.4. The van der Waals surface area contributed by atoms with Crippen LogP contribution in [0.25, 0.3) is 0 Å². The van der Waals surface area contributed by atoms with Gasteiger partial charge in [0.15, 0.2) is 0 Å². The van der Waals surface area contributed by atoms with E-state index in [-0.39, 0.29) is 17.3 Å². The van der Waals surface area contributed by atoms with E-state index in [0.29, 0.717) is 18.4 Å². The molecule has 0 aromatic heterocycles. The lowest BCUT2D eigenvalue weighted by Gasteiger charge is -2.24. The number of benzene rings is 1. The molecule has 1 N–H and O–H groups in total.